The van der Waals surface area contributed by atoms with Gasteiger partial charge in [-0.15, -0.1) is 0 Å². The highest BCUT2D eigenvalue weighted by molar-refractivity contribution is 6.76. The summed E-state index contributed by atoms with van der Waals surface area (Å²) in [6, 6.07) is 7.81. The van der Waals surface area contributed by atoms with Crippen molar-refractivity contribution in [2.75, 3.05) is 6.61 Å². The molecule has 6 nitrogen and oxygen atoms in total. The lowest BCUT2D eigenvalue weighted by atomic mass is 10.1. The summed E-state index contributed by atoms with van der Waals surface area (Å²) in [5, 5.41) is 4.36. The van der Waals surface area contributed by atoms with Gasteiger partial charge < -0.3 is 15.2 Å². The van der Waals surface area contributed by atoms with Crippen molar-refractivity contribution in [2.24, 2.45) is 5.73 Å². The number of halogens is 3. The molecule has 0 saturated heterocycles. The van der Waals surface area contributed by atoms with Gasteiger partial charge in [0.2, 0.25) is 0 Å². The van der Waals surface area contributed by atoms with Crippen molar-refractivity contribution in [1.29, 1.82) is 0 Å². The van der Waals surface area contributed by atoms with Crippen LogP contribution < -0.4 is 10.5 Å². The van der Waals surface area contributed by atoms with Gasteiger partial charge in [0.05, 0.1) is 5.69 Å². The van der Waals surface area contributed by atoms with Gasteiger partial charge in [-0.25, -0.2) is 4.68 Å². The van der Waals surface area contributed by atoms with E-state index in [0.717, 1.165) is 6.04 Å². The number of hydrogen-bond donors (Lipinski definition) is 1. The van der Waals surface area contributed by atoms with Gasteiger partial charge in [0.15, 0.2) is 5.69 Å². The Labute approximate surface area is 162 Å². The number of alkyl halides is 2. The van der Waals surface area contributed by atoms with E-state index in [9.17, 15) is 13.6 Å². The largest absolute Gasteiger partial charge is 0.434 e. The minimum atomic E-state index is -3.02. The molecule has 0 spiro atoms. The van der Waals surface area contributed by atoms with Crippen LogP contribution in [0.4, 0.5) is 8.78 Å². The summed E-state index contributed by atoms with van der Waals surface area (Å²) in [6.45, 7) is 4.14. The van der Waals surface area contributed by atoms with Gasteiger partial charge in [-0.05, 0) is 24.2 Å². The van der Waals surface area contributed by atoms with Crippen molar-refractivity contribution in [2.45, 2.75) is 39.0 Å². The van der Waals surface area contributed by atoms with Crippen molar-refractivity contribution >= 4 is 25.6 Å². The highest BCUT2D eigenvalue weighted by Crippen LogP contribution is 2.34. The van der Waals surface area contributed by atoms with E-state index in [1.54, 1.807) is 0 Å². The Morgan fingerprint density at radius 2 is 2.11 bits per heavy atom. The molecular weight excluding hydrogens is 396 g/mol. The van der Waals surface area contributed by atoms with E-state index >= 15 is 0 Å². The summed E-state index contributed by atoms with van der Waals surface area (Å²) in [5.74, 6) is -0.916. The van der Waals surface area contributed by atoms with Gasteiger partial charge in [0.25, 0.3) is 5.91 Å². The minimum Gasteiger partial charge on any atom is -0.434 e. The van der Waals surface area contributed by atoms with Crippen molar-refractivity contribution in [3.8, 4) is 17.0 Å². The predicted molar refractivity (Wildman–Crippen MR) is 101 cm³/mol. The lowest BCUT2D eigenvalue weighted by Crippen LogP contribution is -2.22. The first-order valence-corrected chi connectivity index (χ1v) is 12.3. The van der Waals surface area contributed by atoms with Gasteiger partial charge in [0, 0.05) is 31.3 Å². The Kier molecular flexibility index (Phi) is 6.96. The third kappa shape index (κ3) is 6.30. The van der Waals surface area contributed by atoms with Crippen molar-refractivity contribution in [3.05, 3.63) is 35.0 Å². The van der Waals surface area contributed by atoms with Crippen LogP contribution in [-0.4, -0.2) is 37.0 Å². The summed E-state index contributed by atoms with van der Waals surface area (Å²) in [7, 11) is -1.28. The molecule has 2 N–H and O–H groups in total. The molecule has 1 radical (unpaired) electrons. The van der Waals surface area contributed by atoms with E-state index in [2.05, 4.69) is 35.5 Å². The fraction of sp³-hybridized carbons (Fsp3) is 0.412. The molecule has 0 bridgehead atoms. The van der Waals surface area contributed by atoms with Crippen molar-refractivity contribution in [3.63, 3.8) is 0 Å². The first kappa shape index (κ1) is 21.3. The molecule has 1 aromatic carbocycles. The van der Waals surface area contributed by atoms with Crippen LogP contribution in [-0.2, 0) is 11.5 Å². The molecule has 0 saturated carbocycles. The average molecular weight is 417 g/mol. The third-order valence-corrected chi connectivity index (χ3v) is 5.51. The van der Waals surface area contributed by atoms with E-state index in [4.69, 9.17) is 22.1 Å². The molecule has 1 aromatic heterocycles. The molecule has 0 aliphatic rings. The van der Waals surface area contributed by atoms with Gasteiger partial charge in [0.1, 0.15) is 12.5 Å². The normalized spacial score (nSPS) is 11.8. The highest BCUT2D eigenvalue weighted by Gasteiger charge is 2.20. The van der Waals surface area contributed by atoms with Crippen LogP contribution in [0.2, 0.25) is 30.7 Å². The molecule has 2 aromatic rings. The average Bonchev–Trinajstić information content (AvgIpc) is 2.96. The number of amides is 1. The summed E-state index contributed by atoms with van der Waals surface area (Å²) in [6.07, 6.45) is 0. The number of hydrogen-bond acceptors (Lipinski definition) is 4. The Balaban J connectivity index is 2.35. The maximum absolute atomic E-state index is 12.7. The molecule has 0 fully saturated rings. The van der Waals surface area contributed by atoms with Crippen LogP contribution in [0.15, 0.2) is 18.2 Å². The topological polar surface area (TPSA) is 79.4 Å². The van der Waals surface area contributed by atoms with Crippen molar-refractivity contribution < 1.29 is 23.0 Å². The van der Waals surface area contributed by atoms with Gasteiger partial charge in [-0.3, -0.25) is 4.79 Å². The second kappa shape index (κ2) is 8.81. The Bertz CT molecular complexity index is 809. The molecule has 147 valence electrons. The molecular formula is C17H21ClF2N3O3Si. The molecule has 1 amide bonds. The first-order chi connectivity index (χ1) is 12.6. The first-order valence-electron chi connectivity index (χ1n) is 8.19. The Morgan fingerprint density at radius 3 is 2.70 bits per heavy atom. The summed E-state index contributed by atoms with van der Waals surface area (Å²) in [5.41, 5.74) is 5.56. The molecule has 0 atom stereocenters. The quantitative estimate of drug-likeness (QED) is 0.494. The number of primary amides is 1. The number of benzene rings is 1. The van der Waals surface area contributed by atoms with E-state index in [-0.39, 0.29) is 29.4 Å². The number of nitrogens with two attached hydrogens (primary N) is 1. The standard InChI is InChI=1S/C17H21ClF2N3O3Si/c1-27(2,3)7-6-25-10-23-14(9-13(22-23)16(21)24)12-8-11(18)4-5-15(12)26-17(19)20/h4-5,8,17H,6-7,10H2,1-3H3,(H2,21,24). The zero-order valence-corrected chi connectivity index (χ0v) is 17.0. The van der Waals surface area contributed by atoms with Crippen LogP contribution in [0, 0.1) is 6.07 Å². The van der Waals surface area contributed by atoms with Crippen LogP contribution >= 0.6 is 11.6 Å². The fourth-order valence-corrected chi connectivity index (χ4v) is 3.13. The van der Waals surface area contributed by atoms with Gasteiger partial charge in [-0.1, -0.05) is 31.2 Å². The van der Waals surface area contributed by atoms with Crippen molar-refractivity contribution in [1.82, 2.24) is 9.78 Å². The van der Waals surface area contributed by atoms with Crippen LogP contribution in [0.1, 0.15) is 10.5 Å². The zero-order valence-electron chi connectivity index (χ0n) is 15.3. The summed E-state index contributed by atoms with van der Waals surface area (Å²) >= 11 is 6.00. The maximum atomic E-state index is 12.7. The van der Waals surface area contributed by atoms with E-state index in [1.165, 1.54) is 22.9 Å². The van der Waals surface area contributed by atoms with Crippen LogP contribution in [0.25, 0.3) is 11.3 Å². The molecule has 0 unspecified atom stereocenters. The maximum Gasteiger partial charge on any atom is 0.387 e. The van der Waals surface area contributed by atoms with Gasteiger partial charge in [-0.2, -0.15) is 13.9 Å². The molecule has 1 heterocycles. The van der Waals surface area contributed by atoms with E-state index in [0.29, 0.717) is 11.6 Å². The predicted octanol–water partition coefficient (Wildman–Crippen LogP) is 4.02. The van der Waals surface area contributed by atoms with E-state index in [1.807, 2.05) is 0 Å². The SMILES string of the molecule is C[Si](C)(C)CCOCn1nc(C(N)=O)[c]c1-c1cc(Cl)ccc1OC(F)F. The highest BCUT2D eigenvalue weighted by atomic mass is 35.5. The second-order valence-electron chi connectivity index (χ2n) is 7.05. The number of nitrogens with zero attached hydrogens (tertiary/aromatic N) is 2. The Morgan fingerprint density at radius 1 is 1.41 bits per heavy atom. The summed E-state index contributed by atoms with van der Waals surface area (Å²) in [4.78, 5) is 11.5. The number of ether oxygens (including phenoxy) is 2. The zero-order chi connectivity index (χ0) is 20.2. The monoisotopic (exact) mass is 416 g/mol. The number of carbonyl (C=O) groups is 1. The number of rotatable bonds is 9. The Hall–Kier alpha value is -1.97. The molecule has 0 aliphatic carbocycles. The number of carbonyl (C=O) groups excluding carboxylic acids is 1. The molecule has 10 heteroatoms. The third-order valence-electron chi connectivity index (χ3n) is 3.57. The van der Waals surface area contributed by atoms with E-state index < -0.39 is 20.6 Å². The summed E-state index contributed by atoms with van der Waals surface area (Å²) < 4.78 is 37.0. The lowest BCUT2D eigenvalue weighted by Gasteiger charge is -2.16. The lowest BCUT2D eigenvalue weighted by molar-refractivity contribution is -0.0494. The molecule has 0 aliphatic heterocycles. The fourth-order valence-electron chi connectivity index (χ4n) is 2.20. The molecule has 2 rings (SSSR count). The minimum absolute atomic E-state index is 0.00419. The van der Waals surface area contributed by atoms with Crippen LogP contribution in [0.3, 0.4) is 0 Å². The second-order valence-corrected chi connectivity index (χ2v) is 13.1. The smallest absolute Gasteiger partial charge is 0.387 e. The van der Waals surface area contributed by atoms with Gasteiger partial charge >= 0.3 is 6.61 Å². The number of aromatic nitrogens is 2. The molecule has 27 heavy (non-hydrogen) atoms. The van der Waals surface area contributed by atoms with Crippen LogP contribution in [0.5, 0.6) is 5.75 Å².